The molecule has 7 heteroatoms. The summed E-state index contributed by atoms with van der Waals surface area (Å²) >= 11 is 7.61. The number of methoxy groups -OCH3 is 1. The number of nitrogens with zero attached hydrogens (tertiary/aromatic N) is 2. The second kappa shape index (κ2) is 10.6. The highest BCUT2D eigenvalue weighted by molar-refractivity contribution is 7.13. The van der Waals surface area contributed by atoms with E-state index in [1.54, 1.807) is 13.3 Å². The first kappa shape index (κ1) is 22.3. The van der Waals surface area contributed by atoms with Crippen LogP contribution in [0.4, 0.5) is 5.13 Å². The summed E-state index contributed by atoms with van der Waals surface area (Å²) < 4.78 is 5.13. The molecule has 5 nitrogen and oxygen atoms in total. The predicted octanol–water partition coefficient (Wildman–Crippen LogP) is 6.91. The maximum atomic E-state index is 6.09. The summed E-state index contributed by atoms with van der Waals surface area (Å²) in [6.07, 6.45) is 4.98. The summed E-state index contributed by atoms with van der Waals surface area (Å²) in [7, 11) is 1.74. The summed E-state index contributed by atoms with van der Waals surface area (Å²) in [6.45, 7) is 5.03. The Labute approximate surface area is 197 Å². The minimum absolute atomic E-state index is 0.687. The predicted molar refractivity (Wildman–Crippen MR) is 134 cm³/mol. The number of H-pyrrole nitrogens is 1. The van der Waals surface area contributed by atoms with Crippen LogP contribution in [-0.4, -0.2) is 28.7 Å². The fourth-order valence-electron chi connectivity index (χ4n) is 3.43. The zero-order valence-corrected chi connectivity index (χ0v) is 19.5. The van der Waals surface area contributed by atoms with E-state index in [2.05, 4.69) is 46.1 Å². The standard InChI is InChI=1S/C25H25ClN4OS/c1-17(28-25-27-14-16-32-25)22-23(19-10-12-21(26)13-11-19)30-24(29-22)20-8-6-18(7-9-20)5-3-4-15-31-2/h6-14,16H,1,3-5,15H2,2H3,(H,27,28)(H,29,30). The van der Waals surface area contributed by atoms with Crippen LogP contribution < -0.4 is 5.32 Å². The molecule has 0 bridgehead atoms. The summed E-state index contributed by atoms with van der Waals surface area (Å²) in [6, 6.07) is 16.2. The Bertz CT molecular complexity index is 1150. The lowest BCUT2D eigenvalue weighted by molar-refractivity contribution is 0.193. The van der Waals surface area contributed by atoms with Crippen LogP contribution in [0, 0.1) is 0 Å². The minimum atomic E-state index is 0.687. The molecule has 0 atom stereocenters. The second-order valence-electron chi connectivity index (χ2n) is 7.40. The Hall–Kier alpha value is -2.93. The van der Waals surface area contributed by atoms with Crippen molar-refractivity contribution in [2.24, 2.45) is 0 Å². The monoisotopic (exact) mass is 464 g/mol. The van der Waals surface area contributed by atoms with E-state index in [-0.39, 0.29) is 0 Å². The van der Waals surface area contributed by atoms with Crippen LogP contribution in [-0.2, 0) is 11.2 Å². The van der Waals surface area contributed by atoms with Gasteiger partial charge >= 0.3 is 0 Å². The summed E-state index contributed by atoms with van der Waals surface area (Å²) in [5, 5.41) is 6.66. The van der Waals surface area contributed by atoms with Gasteiger partial charge in [0.2, 0.25) is 0 Å². The molecule has 2 aromatic heterocycles. The SMILES string of the molecule is C=C(Nc1nccs1)c1[nH]c(-c2ccc(CCCCOC)cc2)nc1-c1ccc(Cl)cc1. The lowest BCUT2D eigenvalue weighted by atomic mass is 10.1. The minimum Gasteiger partial charge on any atom is -0.385 e. The van der Waals surface area contributed by atoms with Crippen molar-refractivity contribution in [3.8, 4) is 22.6 Å². The van der Waals surface area contributed by atoms with Crippen molar-refractivity contribution < 1.29 is 4.74 Å². The molecule has 0 saturated carbocycles. The highest BCUT2D eigenvalue weighted by atomic mass is 35.5. The van der Waals surface area contributed by atoms with E-state index in [4.69, 9.17) is 21.3 Å². The van der Waals surface area contributed by atoms with Gasteiger partial charge in [0, 0.05) is 41.4 Å². The summed E-state index contributed by atoms with van der Waals surface area (Å²) in [5.74, 6) is 0.790. The van der Waals surface area contributed by atoms with E-state index in [0.717, 1.165) is 59.3 Å². The van der Waals surface area contributed by atoms with Crippen LogP contribution in [0.25, 0.3) is 28.3 Å². The summed E-state index contributed by atoms with van der Waals surface area (Å²) in [4.78, 5) is 12.7. The van der Waals surface area contributed by atoms with Crippen LogP contribution >= 0.6 is 22.9 Å². The number of aryl methyl sites for hydroxylation is 1. The number of unbranched alkanes of at least 4 members (excludes halogenated alkanes) is 1. The molecule has 2 aromatic carbocycles. The van der Waals surface area contributed by atoms with Crippen LogP contribution in [0.15, 0.2) is 66.7 Å². The smallest absolute Gasteiger partial charge is 0.187 e. The lowest BCUT2D eigenvalue weighted by Crippen LogP contribution is -1.99. The molecule has 4 aromatic rings. The van der Waals surface area contributed by atoms with Gasteiger partial charge in [0.15, 0.2) is 5.13 Å². The van der Waals surface area contributed by atoms with Crippen LogP contribution in [0.1, 0.15) is 24.1 Å². The average Bonchev–Trinajstić information content (AvgIpc) is 3.48. The van der Waals surface area contributed by atoms with Crippen molar-refractivity contribution in [3.05, 3.63) is 83.0 Å². The van der Waals surface area contributed by atoms with Crippen LogP contribution in [0.5, 0.6) is 0 Å². The second-order valence-corrected chi connectivity index (χ2v) is 8.73. The van der Waals surface area contributed by atoms with Gasteiger partial charge in [-0.1, -0.05) is 54.6 Å². The van der Waals surface area contributed by atoms with E-state index in [1.807, 2.05) is 29.6 Å². The Morgan fingerprint density at radius 3 is 2.53 bits per heavy atom. The zero-order valence-electron chi connectivity index (χ0n) is 17.9. The van der Waals surface area contributed by atoms with Gasteiger partial charge in [0.05, 0.1) is 17.1 Å². The van der Waals surface area contributed by atoms with Crippen molar-refractivity contribution in [3.63, 3.8) is 0 Å². The van der Waals surface area contributed by atoms with Crippen molar-refractivity contribution >= 4 is 33.8 Å². The number of aromatic nitrogens is 3. The molecule has 0 saturated heterocycles. The average molecular weight is 465 g/mol. The number of thiazole rings is 1. The molecule has 32 heavy (non-hydrogen) atoms. The van der Waals surface area contributed by atoms with Crippen molar-refractivity contribution in [1.82, 2.24) is 15.0 Å². The third-order valence-electron chi connectivity index (χ3n) is 5.10. The Morgan fingerprint density at radius 1 is 1.09 bits per heavy atom. The molecule has 2 heterocycles. The number of hydrogen-bond donors (Lipinski definition) is 2. The number of ether oxygens (including phenoxy) is 1. The normalized spacial score (nSPS) is 10.9. The molecule has 4 rings (SSSR count). The third kappa shape index (κ3) is 5.46. The fraction of sp³-hybridized carbons (Fsp3) is 0.200. The molecular weight excluding hydrogens is 440 g/mol. The van der Waals surface area contributed by atoms with Gasteiger partial charge in [-0.25, -0.2) is 9.97 Å². The van der Waals surface area contributed by atoms with Crippen molar-refractivity contribution in [2.75, 3.05) is 19.0 Å². The largest absolute Gasteiger partial charge is 0.385 e. The van der Waals surface area contributed by atoms with Gasteiger partial charge in [-0.3, -0.25) is 0 Å². The zero-order chi connectivity index (χ0) is 22.3. The number of imidazole rings is 1. The van der Waals surface area contributed by atoms with Gasteiger partial charge in [-0.2, -0.15) is 0 Å². The molecule has 164 valence electrons. The van der Waals surface area contributed by atoms with E-state index in [9.17, 15) is 0 Å². The lowest BCUT2D eigenvalue weighted by Gasteiger charge is -2.07. The number of aromatic amines is 1. The molecule has 0 unspecified atom stereocenters. The van der Waals surface area contributed by atoms with E-state index in [1.165, 1.54) is 16.9 Å². The number of nitrogens with one attached hydrogen (secondary N) is 2. The van der Waals surface area contributed by atoms with Gasteiger partial charge < -0.3 is 15.0 Å². The van der Waals surface area contributed by atoms with Gasteiger partial charge in [0.25, 0.3) is 0 Å². The Kier molecular flexibility index (Phi) is 7.37. The molecule has 0 amide bonds. The van der Waals surface area contributed by atoms with E-state index >= 15 is 0 Å². The molecule has 2 N–H and O–H groups in total. The maximum absolute atomic E-state index is 6.09. The van der Waals surface area contributed by atoms with Crippen LogP contribution in [0.2, 0.25) is 5.02 Å². The molecular formula is C25H25ClN4OS. The molecule has 0 aliphatic rings. The third-order valence-corrected chi connectivity index (χ3v) is 6.05. The first-order valence-electron chi connectivity index (χ1n) is 10.4. The van der Waals surface area contributed by atoms with Crippen molar-refractivity contribution in [1.29, 1.82) is 0 Å². The highest BCUT2D eigenvalue weighted by Gasteiger charge is 2.17. The first-order valence-corrected chi connectivity index (χ1v) is 11.7. The molecule has 0 aliphatic carbocycles. The quantitative estimate of drug-likeness (QED) is 0.250. The first-order chi connectivity index (χ1) is 15.6. The highest BCUT2D eigenvalue weighted by Crippen LogP contribution is 2.31. The molecule has 0 radical (unpaired) electrons. The summed E-state index contributed by atoms with van der Waals surface area (Å²) in [5.41, 5.74) is 5.64. The molecule has 0 aliphatic heterocycles. The van der Waals surface area contributed by atoms with Crippen molar-refractivity contribution in [2.45, 2.75) is 19.3 Å². The maximum Gasteiger partial charge on any atom is 0.187 e. The molecule has 0 spiro atoms. The van der Waals surface area contributed by atoms with E-state index in [0.29, 0.717) is 10.7 Å². The fourth-order valence-corrected chi connectivity index (χ4v) is 4.11. The number of halogens is 1. The Morgan fingerprint density at radius 2 is 1.84 bits per heavy atom. The number of benzene rings is 2. The van der Waals surface area contributed by atoms with E-state index < -0.39 is 0 Å². The molecule has 0 fully saturated rings. The van der Waals surface area contributed by atoms with Gasteiger partial charge in [-0.15, -0.1) is 11.3 Å². The van der Waals surface area contributed by atoms with Crippen LogP contribution in [0.3, 0.4) is 0 Å². The van der Waals surface area contributed by atoms with Gasteiger partial charge in [0.1, 0.15) is 5.82 Å². The number of hydrogen-bond acceptors (Lipinski definition) is 5. The Balaban J connectivity index is 1.61. The number of anilines is 1. The topological polar surface area (TPSA) is 62.8 Å². The van der Waals surface area contributed by atoms with Gasteiger partial charge in [-0.05, 0) is 37.0 Å². The number of rotatable bonds is 10.